The molecule has 0 atom stereocenters. The van der Waals surface area contributed by atoms with Crippen LogP contribution in [0.25, 0.3) is 11.4 Å². The molecule has 0 fully saturated rings. The minimum absolute atomic E-state index is 0.00513. The Labute approximate surface area is 163 Å². The van der Waals surface area contributed by atoms with Crippen LogP contribution in [0, 0.1) is 20.8 Å². The fraction of sp³-hybridized carbons (Fsp3) is 0.273. The number of rotatable bonds is 7. The summed E-state index contributed by atoms with van der Waals surface area (Å²) in [6.45, 7) is 5.69. The van der Waals surface area contributed by atoms with Crippen molar-refractivity contribution in [2.75, 3.05) is 0 Å². The summed E-state index contributed by atoms with van der Waals surface area (Å²) < 4.78 is 10.3. The van der Waals surface area contributed by atoms with Crippen LogP contribution in [0.5, 0.6) is 0 Å². The van der Waals surface area contributed by atoms with Gasteiger partial charge in [0.1, 0.15) is 0 Å². The van der Waals surface area contributed by atoms with E-state index in [4.69, 9.17) is 9.26 Å². The Balaban J connectivity index is 1.50. The van der Waals surface area contributed by atoms with Crippen molar-refractivity contribution in [1.29, 1.82) is 0 Å². The van der Waals surface area contributed by atoms with Crippen LogP contribution < -0.4 is 0 Å². The third-order valence-electron chi connectivity index (χ3n) is 4.38. The molecule has 28 heavy (non-hydrogen) atoms. The quantitative estimate of drug-likeness (QED) is 0.448. The van der Waals surface area contributed by atoms with E-state index in [0.29, 0.717) is 11.4 Å². The number of carbonyl (C=O) groups is 2. The molecule has 0 aliphatic heterocycles. The highest BCUT2D eigenvalue weighted by atomic mass is 16.6. The molecule has 1 aromatic heterocycles. The number of carbonyl (C=O) groups excluding carboxylic acids is 2. The average molecular weight is 378 g/mol. The van der Waals surface area contributed by atoms with Crippen molar-refractivity contribution < 1.29 is 18.8 Å². The van der Waals surface area contributed by atoms with E-state index in [1.165, 1.54) is 0 Å². The van der Waals surface area contributed by atoms with E-state index in [1.54, 1.807) is 0 Å². The van der Waals surface area contributed by atoms with Crippen LogP contribution in [0.15, 0.2) is 47.0 Å². The Kier molecular flexibility index (Phi) is 5.99. The van der Waals surface area contributed by atoms with Crippen molar-refractivity contribution >= 4 is 11.8 Å². The molecule has 0 radical (unpaired) electrons. The lowest BCUT2D eigenvalue weighted by Crippen LogP contribution is -2.09. The van der Waals surface area contributed by atoms with E-state index < -0.39 is 5.97 Å². The number of benzene rings is 2. The zero-order valence-electron chi connectivity index (χ0n) is 16.2. The number of ketones is 1. The third-order valence-corrected chi connectivity index (χ3v) is 4.38. The van der Waals surface area contributed by atoms with Gasteiger partial charge in [-0.1, -0.05) is 52.7 Å². The fourth-order valence-corrected chi connectivity index (χ4v) is 2.73. The number of aromatic nitrogens is 2. The molecule has 0 aliphatic carbocycles. The first kappa shape index (κ1) is 19.5. The second-order valence-corrected chi connectivity index (χ2v) is 6.78. The second kappa shape index (κ2) is 8.61. The monoisotopic (exact) mass is 378 g/mol. The number of hydrogen-bond donors (Lipinski definition) is 0. The molecule has 6 heteroatoms. The lowest BCUT2D eigenvalue weighted by molar-refractivity contribution is -0.145. The molecule has 3 aromatic rings. The van der Waals surface area contributed by atoms with Gasteiger partial charge in [0.05, 0.1) is 6.42 Å². The molecule has 2 aromatic carbocycles. The smallest absolute Gasteiger partial charge is 0.306 e. The molecular weight excluding hydrogens is 356 g/mol. The Morgan fingerprint density at radius 2 is 1.68 bits per heavy atom. The lowest BCUT2D eigenvalue weighted by Gasteiger charge is -2.06. The maximum atomic E-state index is 12.3. The fourth-order valence-electron chi connectivity index (χ4n) is 2.73. The minimum Gasteiger partial charge on any atom is -0.456 e. The van der Waals surface area contributed by atoms with Gasteiger partial charge in [-0.05, 0) is 32.4 Å². The summed E-state index contributed by atoms with van der Waals surface area (Å²) in [5.41, 5.74) is 4.52. The topological polar surface area (TPSA) is 82.3 Å². The van der Waals surface area contributed by atoms with Gasteiger partial charge in [0.2, 0.25) is 5.82 Å². The summed E-state index contributed by atoms with van der Waals surface area (Å²) >= 11 is 0. The Hall–Kier alpha value is -3.28. The van der Waals surface area contributed by atoms with E-state index in [9.17, 15) is 9.59 Å². The first-order valence-electron chi connectivity index (χ1n) is 9.08. The van der Waals surface area contributed by atoms with E-state index >= 15 is 0 Å². The molecule has 0 spiro atoms. The standard InChI is InChI=1S/C22H22N2O4/c1-14-5-8-17(9-6-14)22-23-20(28-24-22)13-27-21(26)11-10-19(25)18-12-15(2)4-7-16(18)3/h4-9,12H,10-11,13H2,1-3H3. The number of aryl methyl sites for hydroxylation is 3. The molecule has 144 valence electrons. The molecule has 6 nitrogen and oxygen atoms in total. The first-order valence-corrected chi connectivity index (χ1v) is 9.08. The SMILES string of the molecule is Cc1ccc(-c2noc(COC(=O)CCC(=O)c3cc(C)ccc3C)n2)cc1. The van der Waals surface area contributed by atoms with Gasteiger partial charge in [-0.15, -0.1) is 0 Å². The normalized spacial score (nSPS) is 10.7. The van der Waals surface area contributed by atoms with Gasteiger partial charge in [0, 0.05) is 17.5 Å². The van der Waals surface area contributed by atoms with Crippen molar-refractivity contribution in [3.63, 3.8) is 0 Å². The van der Waals surface area contributed by atoms with Crippen LogP contribution in [-0.4, -0.2) is 21.9 Å². The Morgan fingerprint density at radius 1 is 0.964 bits per heavy atom. The molecule has 0 aliphatic rings. The number of esters is 1. The number of ether oxygens (including phenoxy) is 1. The molecule has 0 saturated heterocycles. The van der Waals surface area contributed by atoms with E-state index in [1.807, 2.05) is 63.2 Å². The minimum atomic E-state index is -0.478. The summed E-state index contributed by atoms with van der Waals surface area (Å²) in [5, 5.41) is 3.89. The number of hydrogen-bond acceptors (Lipinski definition) is 6. The van der Waals surface area contributed by atoms with Crippen molar-refractivity contribution in [3.05, 3.63) is 70.6 Å². The van der Waals surface area contributed by atoms with E-state index in [0.717, 1.165) is 22.3 Å². The van der Waals surface area contributed by atoms with Crippen molar-refractivity contribution in [1.82, 2.24) is 10.1 Å². The van der Waals surface area contributed by atoms with Gasteiger partial charge in [0.15, 0.2) is 12.4 Å². The zero-order valence-corrected chi connectivity index (χ0v) is 16.2. The van der Waals surface area contributed by atoms with Gasteiger partial charge in [-0.25, -0.2) is 0 Å². The van der Waals surface area contributed by atoms with Gasteiger partial charge in [0.25, 0.3) is 5.89 Å². The number of nitrogens with zero attached hydrogens (tertiary/aromatic N) is 2. The van der Waals surface area contributed by atoms with Crippen LogP contribution in [0.4, 0.5) is 0 Å². The average Bonchev–Trinajstić information content (AvgIpc) is 3.16. The summed E-state index contributed by atoms with van der Waals surface area (Å²) in [6, 6.07) is 13.4. The summed E-state index contributed by atoms with van der Waals surface area (Å²) in [4.78, 5) is 28.5. The van der Waals surface area contributed by atoms with Crippen molar-refractivity contribution in [2.45, 2.75) is 40.2 Å². The largest absolute Gasteiger partial charge is 0.456 e. The maximum Gasteiger partial charge on any atom is 0.306 e. The second-order valence-electron chi connectivity index (χ2n) is 6.78. The highest BCUT2D eigenvalue weighted by Crippen LogP contribution is 2.17. The molecule has 3 rings (SSSR count). The van der Waals surface area contributed by atoms with Gasteiger partial charge < -0.3 is 9.26 Å². The van der Waals surface area contributed by atoms with E-state index in [-0.39, 0.29) is 31.1 Å². The van der Waals surface area contributed by atoms with Gasteiger partial charge in [-0.2, -0.15) is 4.98 Å². The zero-order chi connectivity index (χ0) is 20.1. The summed E-state index contributed by atoms with van der Waals surface area (Å²) in [5.74, 6) is 0.104. The summed E-state index contributed by atoms with van der Waals surface area (Å²) in [6.07, 6.45) is 0.104. The lowest BCUT2D eigenvalue weighted by atomic mass is 9.99. The molecule has 0 bridgehead atoms. The summed E-state index contributed by atoms with van der Waals surface area (Å²) in [7, 11) is 0. The van der Waals surface area contributed by atoms with Gasteiger partial charge in [-0.3, -0.25) is 9.59 Å². The molecule has 0 unspecified atom stereocenters. The van der Waals surface area contributed by atoms with Crippen molar-refractivity contribution in [2.24, 2.45) is 0 Å². The predicted molar refractivity (Wildman–Crippen MR) is 104 cm³/mol. The van der Waals surface area contributed by atoms with Crippen LogP contribution in [0.2, 0.25) is 0 Å². The molecular formula is C22H22N2O4. The molecule has 0 N–H and O–H groups in total. The predicted octanol–water partition coefficient (Wildman–Crippen LogP) is 4.37. The van der Waals surface area contributed by atoms with Gasteiger partial charge >= 0.3 is 5.97 Å². The van der Waals surface area contributed by atoms with E-state index in [2.05, 4.69) is 10.1 Å². The Morgan fingerprint density at radius 3 is 2.43 bits per heavy atom. The Bertz CT molecular complexity index is 990. The molecule has 0 amide bonds. The van der Waals surface area contributed by atoms with Crippen LogP contribution in [-0.2, 0) is 16.1 Å². The number of Topliss-reactive ketones (excluding diaryl/α,β-unsaturated/α-hetero) is 1. The third kappa shape index (κ3) is 4.91. The highest BCUT2D eigenvalue weighted by molar-refractivity contribution is 5.98. The molecule has 1 heterocycles. The van der Waals surface area contributed by atoms with Crippen molar-refractivity contribution in [3.8, 4) is 11.4 Å². The van der Waals surface area contributed by atoms with Crippen LogP contribution in [0.3, 0.4) is 0 Å². The highest BCUT2D eigenvalue weighted by Gasteiger charge is 2.14. The maximum absolute atomic E-state index is 12.3. The molecule has 0 saturated carbocycles. The van der Waals surface area contributed by atoms with Crippen LogP contribution >= 0.6 is 0 Å². The van der Waals surface area contributed by atoms with Crippen LogP contribution in [0.1, 0.15) is 45.8 Å². The first-order chi connectivity index (χ1) is 13.4.